The number of thiophene rings is 1. The number of likely N-dealkylation sites (N-methyl/N-ethyl adjacent to an activating group) is 1. The van der Waals surface area contributed by atoms with Gasteiger partial charge in [-0.1, -0.05) is 25.4 Å². The first kappa shape index (κ1) is 17.9. The summed E-state index contributed by atoms with van der Waals surface area (Å²) in [5.41, 5.74) is 0. The molecular weight excluding hydrogens is 364 g/mol. The molecule has 0 spiro atoms. The number of esters is 1. The SMILES string of the molecule is CCN(CC)CCNC(C(=O)OC)c1cc(Br)c(Cl)s1. The fourth-order valence-electron chi connectivity index (χ4n) is 1.83. The summed E-state index contributed by atoms with van der Waals surface area (Å²) in [7, 11) is 1.39. The molecule has 4 nitrogen and oxygen atoms in total. The van der Waals surface area contributed by atoms with Crippen LogP contribution in [0.2, 0.25) is 4.34 Å². The van der Waals surface area contributed by atoms with E-state index in [-0.39, 0.29) is 5.97 Å². The van der Waals surface area contributed by atoms with Gasteiger partial charge in [0.25, 0.3) is 0 Å². The first-order valence-electron chi connectivity index (χ1n) is 6.51. The molecule has 0 fully saturated rings. The lowest BCUT2D eigenvalue weighted by Gasteiger charge is -2.20. The van der Waals surface area contributed by atoms with E-state index in [4.69, 9.17) is 16.3 Å². The van der Waals surface area contributed by atoms with Crippen molar-refractivity contribution in [2.24, 2.45) is 0 Å². The molecule has 0 saturated heterocycles. The molecule has 0 radical (unpaired) electrons. The van der Waals surface area contributed by atoms with Crippen LogP contribution in [-0.4, -0.2) is 44.2 Å². The van der Waals surface area contributed by atoms with Gasteiger partial charge >= 0.3 is 5.97 Å². The van der Waals surface area contributed by atoms with Crippen LogP contribution < -0.4 is 5.32 Å². The van der Waals surface area contributed by atoms with E-state index in [2.05, 4.69) is 40.0 Å². The van der Waals surface area contributed by atoms with Gasteiger partial charge < -0.3 is 9.64 Å². The minimum atomic E-state index is -0.468. The van der Waals surface area contributed by atoms with E-state index in [1.165, 1.54) is 18.4 Å². The predicted molar refractivity (Wildman–Crippen MR) is 87.6 cm³/mol. The number of carbonyl (C=O) groups excluding carboxylic acids is 1. The quantitative estimate of drug-likeness (QED) is 0.699. The summed E-state index contributed by atoms with van der Waals surface area (Å²) in [5.74, 6) is -0.296. The van der Waals surface area contributed by atoms with Gasteiger partial charge in [-0.2, -0.15) is 0 Å². The largest absolute Gasteiger partial charge is 0.468 e. The van der Waals surface area contributed by atoms with Gasteiger partial charge in [-0.25, -0.2) is 4.79 Å². The third-order valence-electron chi connectivity index (χ3n) is 3.06. The summed E-state index contributed by atoms with van der Waals surface area (Å²) < 4.78 is 6.30. The molecule has 0 aliphatic heterocycles. The summed E-state index contributed by atoms with van der Waals surface area (Å²) >= 11 is 10.8. The Balaban J connectivity index is 2.68. The molecule has 1 aromatic heterocycles. The third-order valence-corrected chi connectivity index (χ3v) is 5.60. The Hall–Kier alpha value is -0.140. The minimum absolute atomic E-state index is 0.296. The van der Waals surface area contributed by atoms with Crippen LogP contribution in [0.15, 0.2) is 10.5 Å². The van der Waals surface area contributed by atoms with Crippen molar-refractivity contribution in [1.82, 2.24) is 10.2 Å². The highest BCUT2D eigenvalue weighted by Gasteiger charge is 2.23. The van der Waals surface area contributed by atoms with Crippen molar-refractivity contribution in [3.63, 3.8) is 0 Å². The van der Waals surface area contributed by atoms with Crippen molar-refractivity contribution in [3.8, 4) is 0 Å². The van der Waals surface area contributed by atoms with E-state index in [0.717, 1.165) is 29.0 Å². The number of rotatable bonds is 8. The zero-order chi connectivity index (χ0) is 15.1. The Labute approximate surface area is 137 Å². The van der Waals surface area contributed by atoms with Gasteiger partial charge in [0.15, 0.2) is 0 Å². The Morgan fingerprint density at radius 3 is 2.65 bits per heavy atom. The number of ether oxygens (including phenoxy) is 1. The van der Waals surface area contributed by atoms with E-state index in [1.807, 2.05) is 6.07 Å². The second-order valence-electron chi connectivity index (χ2n) is 4.21. The maximum absolute atomic E-state index is 11.9. The second-order valence-corrected chi connectivity index (χ2v) is 6.75. The molecule has 0 aliphatic carbocycles. The van der Waals surface area contributed by atoms with Gasteiger partial charge in [0, 0.05) is 22.4 Å². The van der Waals surface area contributed by atoms with Crippen LogP contribution in [0, 0.1) is 0 Å². The highest BCUT2D eigenvalue weighted by molar-refractivity contribution is 9.10. The van der Waals surface area contributed by atoms with Gasteiger partial charge in [0.2, 0.25) is 0 Å². The van der Waals surface area contributed by atoms with Gasteiger partial charge in [0.1, 0.15) is 10.4 Å². The molecule has 1 atom stereocenters. The Morgan fingerprint density at radius 2 is 2.20 bits per heavy atom. The molecule has 1 rings (SSSR count). The molecule has 0 amide bonds. The molecular formula is C13H20BrClN2O2S. The first-order chi connectivity index (χ1) is 9.53. The van der Waals surface area contributed by atoms with Crippen LogP contribution in [0.1, 0.15) is 24.8 Å². The summed E-state index contributed by atoms with van der Waals surface area (Å²) in [6.45, 7) is 7.85. The van der Waals surface area contributed by atoms with Crippen molar-refractivity contribution in [3.05, 3.63) is 19.8 Å². The second kappa shape index (κ2) is 9.00. The number of hydrogen-bond donors (Lipinski definition) is 1. The molecule has 7 heteroatoms. The van der Waals surface area contributed by atoms with E-state index in [9.17, 15) is 4.79 Å². The summed E-state index contributed by atoms with van der Waals surface area (Å²) in [5, 5.41) is 3.24. The van der Waals surface area contributed by atoms with Crippen LogP contribution in [0.4, 0.5) is 0 Å². The smallest absolute Gasteiger partial charge is 0.328 e. The van der Waals surface area contributed by atoms with Gasteiger partial charge in [-0.05, 0) is 35.1 Å². The van der Waals surface area contributed by atoms with Crippen molar-refractivity contribution in [1.29, 1.82) is 0 Å². The molecule has 114 valence electrons. The van der Waals surface area contributed by atoms with Crippen molar-refractivity contribution < 1.29 is 9.53 Å². The topological polar surface area (TPSA) is 41.6 Å². The Morgan fingerprint density at radius 1 is 1.55 bits per heavy atom. The van der Waals surface area contributed by atoms with E-state index in [1.54, 1.807) is 0 Å². The van der Waals surface area contributed by atoms with Gasteiger partial charge in [0.05, 0.1) is 7.11 Å². The maximum Gasteiger partial charge on any atom is 0.328 e. The number of halogens is 2. The van der Waals surface area contributed by atoms with Crippen molar-refractivity contribution in [2.45, 2.75) is 19.9 Å². The van der Waals surface area contributed by atoms with Crippen LogP contribution >= 0.6 is 38.9 Å². The molecule has 1 N–H and O–H groups in total. The standard InChI is InChI=1S/C13H20BrClN2O2S/c1-4-17(5-2)7-6-16-11(13(18)19-3)10-8-9(14)12(15)20-10/h8,11,16H,4-7H2,1-3H3. The molecule has 0 saturated carbocycles. The molecule has 0 aliphatic rings. The van der Waals surface area contributed by atoms with Gasteiger partial charge in [-0.15, -0.1) is 11.3 Å². The molecule has 1 aromatic rings. The fraction of sp³-hybridized carbons (Fsp3) is 0.615. The maximum atomic E-state index is 11.9. The highest BCUT2D eigenvalue weighted by Crippen LogP contribution is 2.35. The lowest BCUT2D eigenvalue weighted by atomic mass is 10.2. The minimum Gasteiger partial charge on any atom is -0.468 e. The first-order valence-corrected chi connectivity index (χ1v) is 8.50. The molecule has 0 aromatic carbocycles. The number of carbonyl (C=O) groups is 1. The summed E-state index contributed by atoms with van der Waals surface area (Å²) in [6.07, 6.45) is 0. The zero-order valence-corrected chi connectivity index (χ0v) is 15.1. The number of methoxy groups -OCH3 is 1. The number of nitrogens with one attached hydrogen (secondary N) is 1. The summed E-state index contributed by atoms with van der Waals surface area (Å²) in [4.78, 5) is 15.0. The van der Waals surface area contributed by atoms with E-state index >= 15 is 0 Å². The third kappa shape index (κ3) is 5.00. The van der Waals surface area contributed by atoms with Gasteiger partial charge in [-0.3, -0.25) is 5.32 Å². The average Bonchev–Trinajstić information content (AvgIpc) is 2.78. The van der Waals surface area contributed by atoms with Crippen LogP contribution in [0.5, 0.6) is 0 Å². The monoisotopic (exact) mass is 382 g/mol. The van der Waals surface area contributed by atoms with E-state index < -0.39 is 6.04 Å². The highest BCUT2D eigenvalue weighted by atomic mass is 79.9. The number of hydrogen-bond acceptors (Lipinski definition) is 5. The Kier molecular flexibility index (Phi) is 8.06. The van der Waals surface area contributed by atoms with Crippen molar-refractivity contribution >= 4 is 44.8 Å². The Bertz CT molecular complexity index is 419. The number of nitrogens with zero attached hydrogens (tertiary/aromatic N) is 1. The molecule has 20 heavy (non-hydrogen) atoms. The molecule has 1 unspecified atom stereocenters. The van der Waals surface area contributed by atoms with Crippen LogP contribution in [-0.2, 0) is 9.53 Å². The lowest BCUT2D eigenvalue weighted by Crippen LogP contribution is -2.36. The summed E-state index contributed by atoms with van der Waals surface area (Å²) in [6, 6.07) is 1.39. The van der Waals surface area contributed by atoms with Crippen LogP contribution in [0.3, 0.4) is 0 Å². The van der Waals surface area contributed by atoms with E-state index in [0.29, 0.717) is 10.9 Å². The van der Waals surface area contributed by atoms with Crippen molar-refractivity contribution in [2.75, 3.05) is 33.3 Å². The fourth-order valence-corrected chi connectivity index (χ4v) is 3.63. The average molecular weight is 384 g/mol. The van der Waals surface area contributed by atoms with Crippen LogP contribution in [0.25, 0.3) is 0 Å². The molecule has 0 bridgehead atoms. The predicted octanol–water partition coefficient (Wildman–Crippen LogP) is 3.31. The zero-order valence-electron chi connectivity index (χ0n) is 11.9. The molecule has 1 heterocycles. The lowest BCUT2D eigenvalue weighted by molar-refractivity contribution is -0.143. The normalized spacial score (nSPS) is 12.7.